The molecule has 0 saturated carbocycles. The van der Waals surface area contributed by atoms with Crippen molar-refractivity contribution in [2.24, 2.45) is 0 Å². The van der Waals surface area contributed by atoms with Gasteiger partial charge in [0.1, 0.15) is 18.4 Å². The van der Waals surface area contributed by atoms with Gasteiger partial charge in [0, 0.05) is 0 Å². The molecule has 3 heteroatoms. The molecule has 1 N–H and O–H groups in total. The molecule has 1 unspecified atom stereocenters. The molecule has 3 nitrogen and oxygen atoms in total. The molecule has 0 radical (unpaired) electrons. The molecular formula is C15H22N2O. The van der Waals surface area contributed by atoms with Gasteiger partial charge in [-0.25, -0.2) is 0 Å². The van der Waals surface area contributed by atoms with Crippen LogP contribution in [0.4, 0.5) is 0 Å². The molecule has 98 valence electrons. The average molecular weight is 246 g/mol. The fourth-order valence-corrected chi connectivity index (χ4v) is 1.80. The van der Waals surface area contributed by atoms with Crippen molar-refractivity contribution in [1.29, 1.82) is 5.26 Å². The van der Waals surface area contributed by atoms with E-state index in [1.807, 2.05) is 19.9 Å². The Hall–Kier alpha value is -1.53. The van der Waals surface area contributed by atoms with E-state index in [2.05, 4.69) is 37.4 Å². The van der Waals surface area contributed by atoms with Gasteiger partial charge >= 0.3 is 0 Å². The third kappa shape index (κ3) is 4.05. The van der Waals surface area contributed by atoms with E-state index in [9.17, 15) is 0 Å². The molecule has 0 aliphatic carbocycles. The minimum Gasteiger partial charge on any atom is -0.491 e. The SMILES string of the molecule is CCNC(C#N)COc1cc(C)ccc1C(C)C. The van der Waals surface area contributed by atoms with Crippen molar-refractivity contribution in [3.8, 4) is 11.8 Å². The van der Waals surface area contributed by atoms with Crippen molar-refractivity contribution in [3.05, 3.63) is 29.3 Å². The van der Waals surface area contributed by atoms with Crippen LogP contribution < -0.4 is 10.1 Å². The van der Waals surface area contributed by atoms with Crippen LogP contribution in [-0.2, 0) is 0 Å². The average Bonchev–Trinajstić information content (AvgIpc) is 2.34. The zero-order chi connectivity index (χ0) is 13.5. The highest BCUT2D eigenvalue weighted by atomic mass is 16.5. The van der Waals surface area contributed by atoms with Crippen LogP contribution >= 0.6 is 0 Å². The lowest BCUT2D eigenvalue weighted by atomic mass is 10.0. The zero-order valence-electron chi connectivity index (χ0n) is 11.7. The highest BCUT2D eigenvalue weighted by molar-refractivity contribution is 5.39. The number of ether oxygens (including phenoxy) is 1. The molecule has 1 atom stereocenters. The standard InChI is InChI=1S/C15H22N2O/c1-5-17-13(9-16)10-18-15-8-12(4)6-7-14(15)11(2)3/h6-8,11,13,17H,5,10H2,1-4H3. The summed E-state index contributed by atoms with van der Waals surface area (Å²) in [5, 5.41) is 12.1. The van der Waals surface area contributed by atoms with Gasteiger partial charge in [0.2, 0.25) is 0 Å². The van der Waals surface area contributed by atoms with Crippen molar-refractivity contribution in [3.63, 3.8) is 0 Å². The van der Waals surface area contributed by atoms with E-state index in [0.29, 0.717) is 12.5 Å². The quantitative estimate of drug-likeness (QED) is 0.839. The predicted molar refractivity (Wildman–Crippen MR) is 73.8 cm³/mol. The molecule has 0 aromatic heterocycles. The molecule has 0 heterocycles. The van der Waals surface area contributed by atoms with Gasteiger partial charge in [0.05, 0.1) is 6.07 Å². The van der Waals surface area contributed by atoms with E-state index >= 15 is 0 Å². The van der Waals surface area contributed by atoms with Crippen LogP contribution in [0.15, 0.2) is 18.2 Å². The molecule has 1 aromatic carbocycles. The second-order valence-electron chi connectivity index (χ2n) is 4.75. The number of likely N-dealkylation sites (N-methyl/N-ethyl adjacent to an activating group) is 1. The Labute approximate surface area is 110 Å². The van der Waals surface area contributed by atoms with Gasteiger partial charge in [-0.3, -0.25) is 5.32 Å². The first-order valence-corrected chi connectivity index (χ1v) is 6.44. The van der Waals surface area contributed by atoms with E-state index < -0.39 is 0 Å². The first kappa shape index (κ1) is 14.5. The Morgan fingerprint density at radius 2 is 2.11 bits per heavy atom. The summed E-state index contributed by atoms with van der Waals surface area (Å²) in [6.45, 7) is 9.47. The smallest absolute Gasteiger partial charge is 0.130 e. The van der Waals surface area contributed by atoms with Gasteiger partial charge in [-0.2, -0.15) is 5.26 Å². The minimum absolute atomic E-state index is 0.254. The molecule has 1 aromatic rings. The molecule has 0 spiro atoms. The second kappa shape index (κ2) is 7.03. The number of nitrogens with zero attached hydrogens (tertiary/aromatic N) is 1. The van der Waals surface area contributed by atoms with Crippen LogP contribution in [0.2, 0.25) is 0 Å². The van der Waals surface area contributed by atoms with E-state index in [1.54, 1.807) is 0 Å². The van der Waals surface area contributed by atoms with Gasteiger partial charge < -0.3 is 4.74 Å². The summed E-state index contributed by atoms with van der Waals surface area (Å²) in [5.41, 5.74) is 2.36. The molecule has 18 heavy (non-hydrogen) atoms. The number of hydrogen-bond acceptors (Lipinski definition) is 3. The van der Waals surface area contributed by atoms with Crippen molar-refractivity contribution in [1.82, 2.24) is 5.32 Å². The van der Waals surface area contributed by atoms with Crippen molar-refractivity contribution >= 4 is 0 Å². The Balaban J connectivity index is 2.77. The van der Waals surface area contributed by atoms with Crippen LogP contribution in [0, 0.1) is 18.3 Å². The van der Waals surface area contributed by atoms with Crippen molar-refractivity contribution < 1.29 is 4.74 Å². The topological polar surface area (TPSA) is 45.0 Å². The van der Waals surface area contributed by atoms with E-state index in [-0.39, 0.29) is 6.04 Å². The number of benzene rings is 1. The summed E-state index contributed by atoms with van der Waals surface area (Å²) in [6, 6.07) is 8.18. The summed E-state index contributed by atoms with van der Waals surface area (Å²) in [4.78, 5) is 0. The molecular weight excluding hydrogens is 224 g/mol. The number of aryl methyl sites for hydroxylation is 1. The Morgan fingerprint density at radius 1 is 1.39 bits per heavy atom. The zero-order valence-corrected chi connectivity index (χ0v) is 11.7. The van der Waals surface area contributed by atoms with Gasteiger partial charge in [-0.15, -0.1) is 0 Å². The lowest BCUT2D eigenvalue weighted by molar-refractivity contribution is 0.287. The maximum Gasteiger partial charge on any atom is 0.130 e. The largest absolute Gasteiger partial charge is 0.491 e. The van der Waals surface area contributed by atoms with Crippen LogP contribution in [0.1, 0.15) is 37.8 Å². The lowest BCUT2D eigenvalue weighted by Crippen LogP contribution is -2.33. The van der Waals surface area contributed by atoms with E-state index in [4.69, 9.17) is 10.00 Å². The van der Waals surface area contributed by atoms with Crippen molar-refractivity contribution in [2.45, 2.75) is 39.7 Å². The lowest BCUT2D eigenvalue weighted by Gasteiger charge is -2.17. The Kier molecular flexibility index (Phi) is 5.67. The van der Waals surface area contributed by atoms with E-state index in [1.165, 1.54) is 11.1 Å². The number of hydrogen-bond donors (Lipinski definition) is 1. The normalized spacial score (nSPS) is 12.2. The molecule has 0 bridgehead atoms. The highest BCUT2D eigenvalue weighted by Crippen LogP contribution is 2.27. The van der Waals surface area contributed by atoms with Gasteiger partial charge in [-0.1, -0.05) is 32.9 Å². The Morgan fingerprint density at radius 3 is 2.67 bits per heavy atom. The third-order valence-electron chi connectivity index (χ3n) is 2.80. The first-order chi connectivity index (χ1) is 8.58. The second-order valence-corrected chi connectivity index (χ2v) is 4.75. The van der Waals surface area contributed by atoms with Crippen LogP contribution in [0.25, 0.3) is 0 Å². The monoisotopic (exact) mass is 246 g/mol. The fraction of sp³-hybridized carbons (Fsp3) is 0.533. The molecule has 0 amide bonds. The molecule has 0 saturated heterocycles. The van der Waals surface area contributed by atoms with Crippen LogP contribution in [0.3, 0.4) is 0 Å². The molecule has 1 rings (SSSR count). The summed E-state index contributed by atoms with van der Waals surface area (Å²) in [5.74, 6) is 1.31. The Bertz CT molecular complexity index is 421. The van der Waals surface area contributed by atoms with Gasteiger partial charge in [-0.05, 0) is 36.6 Å². The third-order valence-corrected chi connectivity index (χ3v) is 2.80. The fourth-order valence-electron chi connectivity index (χ4n) is 1.80. The van der Waals surface area contributed by atoms with Gasteiger partial charge in [0.25, 0.3) is 0 Å². The number of rotatable bonds is 6. The molecule has 0 aliphatic heterocycles. The number of nitriles is 1. The maximum atomic E-state index is 8.98. The van der Waals surface area contributed by atoms with Gasteiger partial charge in [0.15, 0.2) is 0 Å². The summed E-state index contributed by atoms with van der Waals surface area (Å²) in [6.07, 6.45) is 0. The molecule has 0 fully saturated rings. The first-order valence-electron chi connectivity index (χ1n) is 6.44. The summed E-state index contributed by atoms with van der Waals surface area (Å²) < 4.78 is 5.80. The summed E-state index contributed by atoms with van der Waals surface area (Å²) in [7, 11) is 0. The molecule has 0 aliphatic rings. The predicted octanol–water partition coefficient (Wildman–Crippen LogP) is 3.00. The van der Waals surface area contributed by atoms with Crippen LogP contribution in [-0.4, -0.2) is 19.2 Å². The minimum atomic E-state index is -0.254. The van der Waals surface area contributed by atoms with E-state index in [0.717, 1.165) is 12.3 Å². The summed E-state index contributed by atoms with van der Waals surface area (Å²) >= 11 is 0. The number of nitrogens with one attached hydrogen (secondary N) is 1. The maximum absolute atomic E-state index is 8.98. The van der Waals surface area contributed by atoms with Crippen molar-refractivity contribution in [2.75, 3.05) is 13.2 Å². The highest BCUT2D eigenvalue weighted by Gasteiger charge is 2.11. The van der Waals surface area contributed by atoms with Crippen LogP contribution in [0.5, 0.6) is 5.75 Å².